The molecule has 1 saturated heterocycles. The van der Waals surface area contributed by atoms with E-state index in [0.717, 1.165) is 9.37 Å². The van der Waals surface area contributed by atoms with Gasteiger partial charge in [-0.2, -0.15) is 0 Å². The highest BCUT2D eigenvalue weighted by Crippen LogP contribution is 2.20. The maximum Gasteiger partial charge on any atom is 0.325 e. The molecule has 24 heavy (non-hydrogen) atoms. The lowest BCUT2D eigenvalue weighted by Crippen LogP contribution is -2.49. The maximum atomic E-state index is 12.5. The number of nitrogens with zero attached hydrogens (tertiary/aromatic N) is 1. The SMILES string of the molecule is CC(C)[C@H](C(=O)CO)N1C(=O)N[C@@H](COc2ccc(Br)cc2)C1=O. The number of Topliss-reactive ketones (excluding diaryl/α,β-unsaturated/α-hetero) is 1. The maximum absolute atomic E-state index is 12.5. The number of ketones is 1. The molecule has 0 bridgehead atoms. The second-order valence-electron chi connectivity index (χ2n) is 5.79. The van der Waals surface area contributed by atoms with E-state index in [0.29, 0.717) is 5.75 Å². The number of nitrogens with one attached hydrogen (secondary N) is 1. The van der Waals surface area contributed by atoms with E-state index in [1.54, 1.807) is 38.1 Å². The second kappa shape index (κ2) is 7.76. The minimum absolute atomic E-state index is 0.0408. The van der Waals surface area contributed by atoms with Gasteiger partial charge in [0.2, 0.25) is 0 Å². The predicted molar refractivity (Wildman–Crippen MR) is 89.5 cm³/mol. The fraction of sp³-hybridized carbons (Fsp3) is 0.438. The van der Waals surface area contributed by atoms with Gasteiger partial charge in [0.15, 0.2) is 5.78 Å². The second-order valence-corrected chi connectivity index (χ2v) is 6.70. The number of amides is 3. The van der Waals surface area contributed by atoms with E-state index in [1.807, 2.05) is 0 Å². The van der Waals surface area contributed by atoms with Gasteiger partial charge < -0.3 is 15.2 Å². The van der Waals surface area contributed by atoms with Gasteiger partial charge in [-0.25, -0.2) is 4.79 Å². The van der Waals surface area contributed by atoms with E-state index >= 15 is 0 Å². The van der Waals surface area contributed by atoms with E-state index in [-0.39, 0.29) is 12.5 Å². The molecule has 0 aliphatic carbocycles. The number of aliphatic hydroxyl groups excluding tert-OH is 1. The number of hydrogen-bond acceptors (Lipinski definition) is 5. The van der Waals surface area contributed by atoms with Crippen LogP contribution in [-0.2, 0) is 9.59 Å². The summed E-state index contributed by atoms with van der Waals surface area (Å²) in [6.45, 7) is 2.66. The van der Waals surface area contributed by atoms with Crippen LogP contribution in [-0.4, -0.2) is 53.0 Å². The number of carbonyl (C=O) groups is 3. The third kappa shape index (κ3) is 3.93. The fourth-order valence-electron chi connectivity index (χ4n) is 2.54. The Balaban J connectivity index is 2.07. The Morgan fingerprint density at radius 2 is 1.96 bits per heavy atom. The molecule has 2 atom stereocenters. The van der Waals surface area contributed by atoms with E-state index in [9.17, 15) is 14.4 Å². The number of hydrogen-bond donors (Lipinski definition) is 2. The Labute approximate surface area is 148 Å². The van der Waals surface area contributed by atoms with Crippen molar-refractivity contribution in [1.29, 1.82) is 0 Å². The molecule has 3 amide bonds. The topological polar surface area (TPSA) is 95.9 Å². The molecule has 0 spiro atoms. The third-order valence-electron chi connectivity index (χ3n) is 3.68. The van der Waals surface area contributed by atoms with Gasteiger partial charge in [0.25, 0.3) is 5.91 Å². The molecular weight excluding hydrogens is 380 g/mol. The van der Waals surface area contributed by atoms with Crippen LogP contribution >= 0.6 is 15.9 Å². The lowest BCUT2D eigenvalue weighted by atomic mass is 9.98. The smallest absolute Gasteiger partial charge is 0.325 e. The number of ether oxygens (including phenoxy) is 1. The zero-order valence-electron chi connectivity index (χ0n) is 13.4. The average molecular weight is 399 g/mol. The monoisotopic (exact) mass is 398 g/mol. The highest BCUT2D eigenvalue weighted by Gasteiger charge is 2.45. The number of benzene rings is 1. The van der Waals surface area contributed by atoms with Crippen molar-refractivity contribution in [2.75, 3.05) is 13.2 Å². The van der Waals surface area contributed by atoms with Gasteiger partial charge >= 0.3 is 6.03 Å². The van der Waals surface area contributed by atoms with Crippen molar-refractivity contribution >= 4 is 33.7 Å². The zero-order valence-corrected chi connectivity index (χ0v) is 14.9. The van der Waals surface area contributed by atoms with Crippen LogP contribution in [0, 0.1) is 5.92 Å². The van der Waals surface area contributed by atoms with Gasteiger partial charge in [-0.15, -0.1) is 0 Å². The van der Waals surface area contributed by atoms with E-state index in [2.05, 4.69) is 21.2 Å². The number of imide groups is 1. The molecule has 0 radical (unpaired) electrons. The first-order valence-electron chi connectivity index (χ1n) is 7.50. The summed E-state index contributed by atoms with van der Waals surface area (Å²) in [5.74, 6) is -0.836. The fourth-order valence-corrected chi connectivity index (χ4v) is 2.81. The van der Waals surface area contributed by atoms with Gasteiger partial charge in [0.05, 0.1) is 0 Å². The summed E-state index contributed by atoms with van der Waals surface area (Å²) in [6.07, 6.45) is 0. The normalized spacial score (nSPS) is 18.7. The van der Waals surface area contributed by atoms with Crippen molar-refractivity contribution in [1.82, 2.24) is 10.2 Å². The molecule has 1 aromatic rings. The van der Waals surface area contributed by atoms with Gasteiger partial charge in [0, 0.05) is 4.47 Å². The van der Waals surface area contributed by atoms with Crippen LogP contribution in [0.4, 0.5) is 4.79 Å². The van der Waals surface area contributed by atoms with Gasteiger partial charge in [-0.05, 0) is 30.2 Å². The summed E-state index contributed by atoms with van der Waals surface area (Å²) in [6, 6.07) is 4.56. The molecule has 8 heteroatoms. The lowest BCUT2D eigenvalue weighted by Gasteiger charge is -2.26. The standard InChI is InChI=1S/C16H19BrN2O5/c1-9(2)14(13(21)7-20)19-15(22)12(18-16(19)23)8-24-11-5-3-10(17)4-6-11/h3-6,9,12,14,20H,7-8H2,1-2H3,(H,18,23)/t12-,14+/m0/s1. The third-order valence-corrected chi connectivity index (χ3v) is 4.21. The molecular formula is C16H19BrN2O5. The molecule has 0 aromatic heterocycles. The van der Waals surface area contributed by atoms with Crippen LogP contribution in [0.25, 0.3) is 0 Å². The number of carbonyl (C=O) groups excluding carboxylic acids is 3. The molecule has 2 rings (SSSR count). The first-order valence-corrected chi connectivity index (χ1v) is 8.30. The molecule has 0 unspecified atom stereocenters. The Morgan fingerprint density at radius 3 is 2.50 bits per heavy atom. The van der Waals surface area contributed by atoms with Crippen LogP contribution in [0.15, 0.2) is 28.7 Å². The molecule has 1 aliphatic rings. The van der Waals surface area contributed by atoms with Gasteiger partial charge in [-0.1, -0.05) is 29.8 Å². The van der Waals surface area contributed by atoms with Crippen LogP contribution < -0.4 is 10.1 Å². The quantitative estimate of drug-likeness (QED) is 0.675. The highest BCUT2D eigenvalue weighted by atomic mass is 79.9. The van der Waals surface area contributed by atoms with Crippen molar-refractivity contribution in [2.45, 2.75) is 25.9 Å². The minimum Gasteiger partial charge on any atom is -0.491 e. The molecule has 0 saturated carbocycles. The van der Waals surface area contributed by atoms with E-state index in [4.69, 9.17) is 9.84 Å². The molecule has 1 heterocycles. The van der Waals surface area contributed by atoms with Crippen molar-refractivity contribution in [3.8, 4) is 5.75 Å². The summed E-state index contributed by atoms with van der Waals surface area (Å²) >= 11 is 3.31. The highest BCUT2D eigenvalue weighted by molar-refractivity contribution is 9.10. The Morgan fingerprint density at radius 1 is 1.33 bits per heavy atom. The van der Waals surface area contributed by atoms with Crippen molar-refractivity contribution < 1.29 is 24.2 Å². The van der Waals surface area contributed by atoms with Crippen LogP contribution in [0.5, 0.6) is 5.75 Å². The number of halogens is 1. The Bertz CT molecular complexity index is 632. The largest absolute Gasteiger partial charge is 0.491 e. The molecule has 2 N–H and O–H groups in total. The average Bonchev–Trinajstić information content (AvgIpc) is 2.82. The molecule has 1 aliphatic heterocycles. The van der Waals surface area contributed by atoms with Crippen LogP contribution in [0.3, 0.4) is 0 Å². The summed E-state index contributed by atoms with van der Waals surface area (Å²) in [5, 5.41) is 11.6. The zero-order chi connectivity index (χ0) is 17.9. The molecule has 1 aromatic carbocycles. The Hall–Kier alpha value is -1.93. The van der Waals surface area contributed by atoms with E-state index in [1.165, 1.54) is 0 Å². The van der Waals surface area contributed by atoms with Gasteiger partial charge in [0.1, 0.15) is 31.0 Å². The lowest BCUT2D eigenvalue weighted by molar-refractivity contribution is -0.138. The van der Waals surface area contributed by atoms with Crippen LogP contribution in [0.2, 0.25) is 0 Å². The minimum atomic E-state index is -0.986. The summed E-state index contributed by atoms with van der Waals surface area (Å²) in [5.41, 5.74) is 0. The first-order chi connectivity index (χ1) is 11.3. The summed E-state index contributed by atoms with van der Waals surface area (Å²) in [7, 11) is 0. The Kier molecular flexibility index (Phi) is 5.95. The van der Waals surface area contributed by atoms with Crippen molar-refractivity contribution in [2.24, 2.45) is 5.92 Å². The number of urea groups is 1. The predicted octanol–water partition coefficient (Wildman–Crippen LogP) is 1.33. The van der Waals surface area contributed by atoms with Crippen LogP contribution in [0.1, 0.15) is 13.8 Å². The first kappa shape index (κ1) is 18.4. The summed E-state index contributed by atoms with van der Waals surface area (Å²) in [4.78, 5) is 37.4. The number of aliphatic hydroxyl groups is 1. The molecule has 1 fully saturated rings. The number of rotatable bonds is 7. The van der Waals surface area contributed by atoms with Crippen molar-refractivity contribution in [3.63, 3.8) is 0 Å². The van der Waals surface area contributed by atoms with E-state index < -0.39 is 36.4 Å². The molecule has 7 nitrogen and oxygen atoms in total. The van der Waals surface area contributed by atoms with Gasteiger partial charge in [-0.3, -0.25) is 14.5 Å². The summed E-state index contributed by atoms with van der Waals surface area (Å²) < 4.78 is 6.42. The molecule has 130 valence electrons. The van der Waals surface area contributed by atoms with Crippen molar-refractivity contribution in [3.05, 3.63) is 28.7 Å².